The third-order valence-electron chi connectivity index (χ3n) is 12.6. The minimum Gasteiger partial charge on any atom is -0.480 e. The minimum atomic E-state index is -1.19. The number of carboxylic acid groups (broad SMARTS) is 1. The number of aliphatic hydroxyl groups is 2. The second-order valence-corrected chi connectivity index (χ2v) is 15.0. The number of amides is 2. The van der Waals surface area contributed by atoms with Gasteiger partial charge in [0.15, 0.2) is 0 Å². The highest BCUT2D eigenvalue weighted by Gasteiger charge is 2.62. The highest BCUT2D eigenvalue weighted by Crippen LogP contribution is 2.68. The van der Waals surface area contributed by atoms with Crippen molar-refractivity contribution in [3.05, 3.63) is 30.1 Å². The van der Waals surface area contributed by atoms with Gasteiger partial charge in [-0.3, -0.25) is 9.59 Å². The lowest BCUT2D eigenvalue weighted by atomic mass is 9.43. The fraction of sp³-hybridized carbons (Fsp3) is 0.743. The van der Waals surface area contributed by atoms with Crippen molar-refractivity contribution in [1.29, 1.82) is 0 Å². The summed E-state index contributed by atoms with van der Waals surface area (Å²) in [4.78, 5) is 37.0. The van der Waals surface area contributed by atoms with Gasteiger partial charge in [-0.1, -0.05) is 26.8 Å². The highest BCUT2D eigenvalue weighted by molar-refractivity contribution is 5.91. The molecule has 4 aliphatic rings. The molecule has 0 aliphatic heterocycles. The van der Waals surface area contributed by atoms with Crippen molar-refractivity contribution >= 4 is 23.5 Å². The fourth-order valence-corrected chi connectivity index (χ4v) is 10.3. The third-order valence-corrected chi connectivity index (χ3v) is 12.6. The molecule has 0 heterocycles. The van der Waals surface area contributed by atoms with E-state index in [0.717, 1.165) is 51.4 Å². The minimum absolute atomic E-state index is 0.0657. The Hall–Kier alpha value is -2.52. The van der Waals surface area contributed by atoms with Gasteiger partial charge in [-0.2, -0.15) is 0 Å². The van der Waals surface area contributed by atoms with Crippen LogP contribution in [0.5, 0.6) is 0 Å². The van der Waals surface area contributed by atoms with E-state index in [1.165, 1.54) is 18.2 Å². The third kappa shape index (κ3) is 6.55. The zero-order valence-corrected chi connectivity index (χ0v) is 26.4. The van der Waals surface area contributed by atoms with Crippen LogP contribution in [0.3, 0.4) is 0 Å². The Balaban J connectivity index is 1.13. The number of nitrogens with one attached hydrogen (secondary N) is 2. The summed E-state index contributed by atoms with van der Waals surface area (Å²) in [5, 5.41) is 36.6. The molecule has 0 aromatic heterocycles. The summed E-state index contributed by atoms with van der Waals surface area (Å²) in [6, 6.07) is 4.29. The SMILES string of the molecule is C[C@H](CCC(=O)N[C@@H](CCC(=O)Nc1cccc(F)c1)C(=O)O)[C@H]1CC[C@H]2[C@@H]3[C@H](O)C[C@@H]4C[C@H](O)CC[C@]4(C)[C@H]3CC[C@]12C. The van der Waals surface area contributed by atoms with Crippen LogP contribution in [0.15, 0.2) is 24.3 Å². The highest BCUT2D eigenvalue weighted by atomic mass is 19.1. The number of benzene rings is 1. The molecule has 0 bridgehead atoms. The largest absolute Gasteiger partial charge is 0.480 e. The molecule has 244 valence electrons. The molecule has 0 radical (unpaired) electrons. The zero-order chi connectivity index (χ0) is 31.8. The summed E-state index contributed by atoms with van der Waals surface area (Å²) >= 11 is 0. The Kier molecular flexibility index (Phi) is 9.76. The lowest BCUT2D eigenvalue weighted by Crippen LogP contribution is -2.58. The van der Waals surface area contributed by atoms with E-state index < -0.39 is 23.7 Å². The van der Waals surface area contributed by atoms with Crippen LogP contribution in [0.4, 0.5) is 10.1 Å². The van der Waals surface area contributed by atoms with E-state index in [2.05, 4.69) is 31.4 Å². The molecule has 2 amide bonds. The predicted octanol–water partition coefficient (Wildman–Crippen LogP) is 5.52. The van der Waals surface area contributed by atoms with Crippen molar-refractivity contribution in [2.45, 2.75) is 116 Å². The maximum absolute atomic E-state index is 13.4. The first kappa shape index (κ1) is 32.9. The maximum Gasteiger partial charge on any atom is 0.326 e. The average Bonchev–Trinajstić information content (AvgIpc) is 3.32. The van der Waals surface area contributed by atoms with E-state index in [9.17, 15) is 34.1 Å². The zero-order valence-electron chi connectivity index (χ0n) is 26.4. The van der Waals surface area contributed by atoms with Crippen LogP contribution >= 0.6 is 0 Å². The van der Waals surface area contributed by atoms with E-state index in [0.29, 0.717) is 41.7 Å². The Bertz CT molecular complexity index is 1230. The number of hydrogen-bond acceptors (Lipinski definition) is 5. The average molecular weight is 615 g/mol. The van der Waals surface area contributed by atoms with Gasteiger partial charge in [-0.25, -0.2) is 9.18 Å². The van der Waals surface area contributed by atoms with Crippen LogP contribution in [0.25, 0.3) is 0 Å². The van der Waals surface area contributed by atoms with E-state index >= 15 is 0 Å². The predicted molar refractivity (Wildman–Crippen MR) is 165 cm³/mol. The molecule has 4 aliphatic carbocycles. The Morgan fingerprint density at radius 2 is 1.66 bits per heavy atom. The lowest BCUT2D eigenvalue weighted by molar-refractivity contribution is -0.174. The second-order valence-electron chi connectivity index (χ2n) is 15.0. The number of halogens is 1. The van der Waals surface area contributed by atoms with E-state index in [-0.39, 0.29) is 54.1 Å². The molecule has 1 aromatic carbocycles. The van der Waals surface area contributed by atoms with Gasteiger partial charge in [0.2, 0.25) is 11.8 Å². The van der Waals surface area contributed by atoms with Crippen LogP contribution in [0, 0.1) is 52.2 Å². The van der Waals surface area contributed by atoms with Gasteiger partial charge >= 0.3 is 5.97 Å². The van der Waals surface area contributed by atoms with Crippen molar-refractivity contribution in [2.24, 2.45) is 46.3 Å². The standard InChI is InChI=1S/C35H51FN2O6/c1-20(7-11-31(42)38-28(33(43)44)10-12-30(41)37-23-6-4-5-22(36)19-23)25-8-9-26-32-27(14-16-35(25,26)3)34(2)15-13-24(39)17-21(34)18-29(32)40/h4-6,19-21,24-29,32,39-40H,7-18H2,1-3H3,(H,37,41)(H,38,42)(H,43,44)/t20-,21+,24-,25-,26+,27+,28+,29-,32+,34+,35-/m1/s1. The van der Waals surface area contributed by atoms with Crippen molar-refractivity contribution in [3.63, 3.8) is 0 Å². The van der Waals surface area contributed by atoms with Crippen LogP contribution in [0.1, 0.15) is 97.8 Å². The van der Waals surface area contributed by atoms with Crippen molar-refractivity contribution in [3.8, 4) is 0 Å². The number of hydrogen-bond donors (Lipinski definition) is 5. The number of carbonyl (C=O) groups is 3. The summed E-state index contributed by atoms with van der Waals surface area (Å²) in [5.74, 6) is -0.112. The van der Waals surface area contributed by atoms with Gasteiger partial charge in [0, 0.05) is 18.5 Å². The number of carboxylic acids is 1. The summed E-state index contributed by atoms with van der Waals surface area (Å²) < 4.78 is 13.4. The number of fused-ring (bicyclic) bond motifs is 5. The van der Waals surface area contributed by atoms with Crippen LogP contribution in [-0.4, -0.2) is 51.4 Å². The van der Waals surface area contributed by atoms with Gasteiger partial charge in [0.1, 0.15) is 11.9 Å². The molecular weight excluding hydrogens is 563 g/mol. The van der Waals surface area contributed by atoms with E-state index in [1.807, 2.05) is 0 Å². The number of carbonyl (C=O) groups excluding carboxylic acids is 2. The first-order valence-corrected chi connectivity index (χ1v) is 16.8. The monoisotopic (exact) mass is 614 g/mol. The van der Waals surface area contributed by atoms with Crippen molar-refractivity contribution in [2.75, 3.05) is 5.32 Å². The van der Waals surface area contributed by atoms with Crippen molar-refractivity contribution < 1.29 is 34.1 Å². The number of rotatable bonds is 10. The quantitative estimate of drug-likeness (QED) is 0.236. The second kappa shape index (κ2) is 13.1. The molecule has 11 atom stereocenters. The fourth-order valence-electron chi connectivity index (χ4n) is 10.3. The molecule has 0 unspecified atom stereocenters. The van der Waals surface area contributed by atoms with Gasteiger partial charge in [-0.05, 0) is 129 Å². The molecule has 9 heteroatoms. The Labute approximate surface area is 260 Å². The number of anilines is 1. The van der Waals surface area contributed by atoms with Gasteiger partial charge in [0.25, 0.3) is 0 Å². The molecule has 4 saturated carbocycles. The molecule has 0 saturated heterocycles. The van der Waals surface area contributed by atoms with E-state index in [4.69, 9.17) is 0 Å². The topological polar surface area (TPSA) is 136 Å². The van der Waals surface area contributed by atoms with Gasteiger partial charge in [0.05, 0.1) is 12.2 Å². The first-order chi connectivity index (χ1) is 20.8. The molecule has 5 rings (SSSR count). The summed E-state index contributed by atoms with van der Waals surface area (Å²) in [7, 11) is 0. The Morgan fingerprint density at radius 1 is 0.955 bits per heavy atom. The molecular formula is C35H51FN2O6. The molecule has 44 heavy (non-hydrogen) atoms. The number of aliphatic carboxylic acids is 1. The molecule has 4 fully saturated rings. The maximum atomic E-state index is 13.4. The summed E-state index contributed by atoms with van der Waals surface area (Å²) in [5.41, 5.74) is 0.586. The molecule has 0 spiro atoms. The Morgan fingerprint density at radius 3 is 2.39 bits per heavy atom. The van der Waals surface area contributed by atoms with Gasteiger partial charge < -0.3 is 26.0 Å². The van der Waals surface area contributed by atoms with Crippen molar-refractivity contribution in [1.82, 2.24) is 5.32 Å². The molecule has 8 nitrogen and oxygen atoms in total. The summed E-state index contributed by atoms with van der Waals surface area (Å²) in [6.07, 6.45) is 8.02. The lowest BCUT2D eigenvalue weighted by Gasteiger charge is -2.62. The summed E-state index contributed by atoms with van der Waals surface area (Å²) in [6.45, 7) is 7.04. The van der Waals surface area contributed by atoms with Crippen LogP contribution < -0.4 is 10.6 Å². The van der Waals surface area contributed by atoms with E-state index in [1.54, 1.807) is 6.07 Å². The van der Waals surface area contributed by atoms with Crippen LogP contribution in [-0.2, 0) is 14.4 Å². The van der Waals surface area contributed by atoms with Gasteiger partial charge in [-0.15, -0.1) is 0 Å². The molecule has 1 aromatic rings. The van der Waals surface area contributed by atoms with Crippen LogP contribution in [0.2, 0.25) is 0 Å². The molecule has 5 N–H and O–H groups in total. The number of aliphatic hydroxyl groups excluding tert-OH is 2. The normalized spacial score (nSPS) is 37.5. The smallest absolute Gasteiger partial charge is 0.326 e. The first-order valence-electron chi connectivity index (χ1n) is 16.8.